The monoisotopic (exact) mass is 233 g/mol. The Balaban J connectivity index is 2.88. The lowest BCUT2D eigenvalue weighted by molar-refractivity contribution is 0.609. The number of halogens is 1. The van der Waals surface area contributed by atoms with Gasteiger partial charge in [-0.2, -0.15) is 5.10 Å². The topological polar surface area (TPSA) is 84.3 Å². The predicted octanol–water partition coefficient (Wildman–Crippen LogP) is -0.0499. The Morgan fingerprint density at radius 1 is 1.50 bits per heavy atom. The Kier molecular flexibility index (Phi) is 1.86. The van der Waals surface area contributed by atoms with Crippen molar-refractivity contribution in [3.05, 3.63) is 28.9 Å². The van der Waals surface area contributed by atoms with Gasteiger partial charge in [-0.1, -0.05) is 0 Å². The molecule has 0 aliphatic heterocycles. The lowest BCUT2D eigenvalue weighted by Gasteiger charge is -1.87. The second-order valence-electron chi connectivity index (χ2n) is 2.59. The lowest BCUT2D eigenvalue weighted by atomic mass is 10.5. The van der Waals surface area contributed by atoms with E-state index in [1.807, 2.05) is 0 Å². The molecule has 0 radical (unpaired) electrons. The van der Waals surface area contributed by atoms with Gasteiger partial charge in [0.25, 0.3) is 14.6 Å². The molecule has 0 unspecified atom stereocenters. The molecule has 1 N–H and O–H groups in total. The third kappa shape index (κ3) is 1.40. The average molecular weight is 234 g/mol. The second kappa shape index (κ2) is 2.82. The smallest absolute Gasteiger partial charge is 0.288 e. The van der Waals surface area contributed by atoms with Crippen molar-refractivity contribution < 1.29 is 8.42 Å². The van der Waals surface area contributed by atoms with Crippen LogP contribution < -0.4 is 5.56 Å². The molecule has 0 bridgehead atoms. The Morgan fingerprint density at radius 3 is 2.79 bits per heavy atom. The van der Waals surface area contributed by atoms with Crippen molar-refractivity contribution in [1.29, 1.82) is 0 Å². The minimum absolute atomic E-state index is 0.127. The third-order valence-corrected chi connectivity index (χ3v) is 3.01. The van der Waals surface area contributed by atoms with Gasteiger partial charge in [0, 0.05) is 16.9 Å². The number of nitrogens with zero attached hydrogens (tertiary/aromatic N) is 2. The van der Waals surface area contributed by atoms with Crippen molar-refractivity contribution >= 4 is 25.2 Å². The van der Waals surface area contributed by atoms with Gasteiger partial charge < -0.3 is 0 Å². The molecule has 2 aromatic rings. The molecule has 0 spiro atoms. The normalized spacial score (nSPS) is 12.1. The van der Waals surface area contributed by atoms with Gasteiger partial charge in [-0.25, -0.2) is 13.5 Å². The first-order valence-corrected chi connectivity index (χ1v) is 5.79. The van der Waals surface area contributed by atoms with E-state index in [9.17, 15) is 13.2 Å². The Labute approximate surface area is 82.6 Å². The maximum absolute atomic E-state index is 11.1. The number of hydrogen-bond acceptors (Lipinski definition) is 4. The summed E-state index contributed by atoms with van der Waals surface area (Å²) in [5.41, 5.74) is -0.293. The molecular formula is C6H4ClN3O3S. The highest BCUT2D eigenvalue weighted by molar-refractivity contribution is 8.13. The molecule has 2 aromatic heterocycles. The minimum Gasteiger partial charge on any atom is -0.300 e. The van der Waals surface area contributed by atoms with Crippen LogP contribution in [0.4, 0.5) is 0 Å². The minimum atomic E-state index is -3.81. The molecule has 14 heavy (non-hydrogen) atoms. The molecule has 0 atom stereocenters. The molecule has 2 rings (SSSR count). The molecule has 0 fully saturated rings. The fraction of sp³-hybridized carbons (Fsp3) is 0. The van der Waals surface area contributed by atoms with Crippen LogP contribution in [0, 0.1) is 0 Å². The van der Waals surface area contributed by atoms with Gasteiger partial charge in [-0.3, -0.25) is 9.20 Å². The Morgan fingerprint density at radius 2 is 2.21 bits per heavy atom. The van der Waals surface area contributed by atoms with Crippen molar-refractivity contribution in [3.8, 4) is 0 Å². The molecular weight excluding hydrogens is 230 g/mol. The first-order valence-electron chi connectivity index (χ1n) is 3.48. The first-order chi connectivity index (χ1) is 6.48. The number of nitrogens with one attached hydrogen (secondary N) is 1. The molecule has 0 aromatic carbocycles. The van der Waals surface area contributed by atoms with Crippen molar-refractivity contribution in [2.45, 2.75) is 4.90 Å². The maximum Gasteiger partial charge on any atom is 0.288 e. The molecule has 0 saturated carbocycles. The van der Waals surface area contributed by atoms with Crippen LogP contribution in [-0.2, 0) is 9.05 Å². The number of H-pyrrole nitrogens is 1. The fourth-order valence-corrected chi connectivity index (χ4v) is 1.82. The van der Waals surface area contributed by atoms with Crippen LogP contribution in [0.5, 0.6) is 0 Å². The molecule has 6 nitrogen and oxygen atoms in total. The van der Waals surface area contributed by atoms with Crippen molar-refractivity contribution in [1.82, 2.24) is 14.6 Å². The van der Waals surface area contributed by atoms with E-state index in [4.69, 9.17) is 10.7 Å². The molecule has 74 valence electrons. The number of aromatic nitrogens is 3. The van der Waals surface area contributed by atoms with E-state index in [-0.39, 0.29) is 10.4 Å². The summed E-state index contributed by atoms with van der Waals surface area (Å²) in [6.07, 6.45) is 2.50. The summed E-state index contributed by atoms with van der Waals surface area (Å²) in [7, 11) is 1.30. The zero-order valence-corrected chi connectivity index (χ0v) is 8.21. The quantitative estimate of drug-likeness (QED) is 0.700. The van der Waals surface area contributed by atoms with Crippen LogP contribution in [0.2, 0.25) is 0 Å². The molecule has 2 heterocycles. The fourth-order valence-electron chi connectivity index (χ4n) is 1.07. The van der Waals surface area contributed by atoms with Gasteiger partial charge in [-0.15, -0.1) is 0 Å². The summed E-state index contributed by atoms with van der Waals surface area (Å²) in [5.74, 6) is 0. The standard InChI is InChI=1S/C6H4ClN3O3S/c7-14(12,13)4-1-5-6(11)9-8-3-10(5)2-4/h1-3H,(H,9,11). The summed E-state index contributed by atoms with van der Waals surface area (Å²) in [4.78, 5) is 11.0. The van der Waals surface area contributed by atoms with Gasteiger partial charge in [0.1, 0.15) is 16.7 Å². The summed E-state index contributed by atoms with van der Waals surface area (Å²) in [5, 5.41) is 5.67. The second-order valence-corrected chi connectivity index (χ2v) is 5.16. The van der Waals surface area contributed by atoms with E-state index in [2.05, 4.69) is 10.2 Å². The largest absolute Gasteiger partial charge is 0.300 e. The molecule has 0 amide bonds. The van der Waals surface area contributed by atoms with Crippen LogP contribution in [-0.4, -0.2) is 23.0 Å². The van der Waals surface area contributed by atoms with Crippen molar-refractivity contribution in [2.75, 3.05) is 0 Å². The highest BCUT2D eigenvalue weighted by Crippen LogP contribution is 2.16. The summed E-state index contributed by atoms with van der Waals surface area (Å²) in [6.45, 7) is 0. The van der Waals surface area contributed by atoms with Gasteiger partial charge in [0.2, 0.25) is 0 Å². The molecule has 0 aliphatic rings. The summed E-state index contributed by atoms with van der Waals surface area (Å²) >= 11 is 0. The molecule has 8 heteroatoms. The van der Waals surface area contributed by atoms with Crippen molar-refractivity contribution in [2.24, 2.45) is 0 Å². The Hall–Kier alpha value is -1.34. The van der Waals surface area contributed by atoms with Gasteiger partial charge in [0.15, 0.2) is 0 Å². The number of hydrogen-bond donors (Lipinski definition) is 1. The zero-order chi connectivity index (χ0) is 10.3. The van der Waals surface area contributed by atoms with Crippen LogP contribution in [0.3, 0.4) is 0 Å². The van der Waals surface area contributed by atoms with Crippen LogP contribution in [0.1, 0.15) is 0 Å². The summed E-state index contributed by atoms with van der Waals surface area (Å²) in [6, 6.07) is 1.18. The third-order valence-electron chi connectivity index (χ3n) is 1.69. The highest BCUT2D eigenvalue weighted by atomic mass is 35.7. The van der Waals surface area contributed by atoms with E-state index < -0.39 is 14.6 Å². The average Bonchev–Trinajstić information content (AvgIpc) is 2.48. The van der Waals surface area contributed by atoms with Crippen molar-refractivity contribution in [3.63, 3.8) is 0 Å². The summed E-state index contributed by atoms with van der Waals surface area (Å²) < 4.78 is 23.2. The Bertz CT molecular complexity index is 642. The SMILES string of the molecule is O=c1[nH]ncn2cc(S(=O)(=O)Cl)cc12. The van der Waals surface area contributed by atoms with E-state index in [1.165, 1.54) is 23.0 Å². The lowest BCUT2D eigenvalue weighted by Crippen LogP contribution is -2.09. The van der Waals surface area contributed by atoms with Crippen LogP contribution in [0.15, 0.2) is 28.3 Å². The van der Waals surface area contributed by atoms with E-state index in [1.54, 1.807) is 0 Å². The number of rotatable bonds is 1. The van der Waals surface area contributed by atoms with E-state index >= 15 is 0 Å². The van der Waals surface area contributed by atoms with Gasteiger partial charge in [0.05, 0.1) is 0 Å². The van der Waals surface area contributed by atoms with Gasteiger partial charge >= 0.3 is 0 Å². The van der Waals surface area contributed by atoms with Gasteiger partial charge in [-0.05, 0) is 6.07 Å². The number of aromatic amines is 1. The van der Waals surface area contributed by atoms with Crippen LogP contribution in [0.25, 0.3) is 5.52 Å². The van der Waals surface area contributed by atoms with Crippen LogP contribution >= 0.6 is 10.7 Å². The highest BCUT2D eigenvalue weighted by Gasteiger charge is 2.13. The molecule has 0 saturated heterocycles. The van der Waals surface area contributed by atoms with E-state index in [0.717, 1.165) is 0 Å². The predicted molar refractivity (Wildman–Crippen MR) is 48.9 cm³/mol. The maximum atomic E-state index is 11.1. The number of fused-ring (bicyclic) bond motifs is 1. The first kappa shape index (κ1) is 9.22. The molecule has 0 aliphatic carbocycles. The van der Waals surface area contributed by atoms with E-state index in [0.29, 0.717) is 0 Å². The zero-order valence-electron chi connectivity index (χ0n) is 6.64.